The number of fused-ring (bicyclic) bond motifs is 2. The Morgan fingerprint density at radius 3 is 1.00 bits per heavy atom. The summed E-state index contributed by atoms with van der Waals surface area (Å²) in [5.41, 5.74) is -0.329. The molecule has 4 aromatic rings. The van der Waals surface area contributed by atoms with Gasteiger partial charge in [0.1, 0.15) is 36.4 Å². The molecule has 0 bridgehead atoms. The minimum absolute atomic E-state index is 0. The fraction of sp³-hybridized carbons (Fsp3) is 0.150. The normalized spacial score (nSPS) is 10.8. The zero-order valence-corrected chi connectivity index (χ0v) is 34.9. The summed E-state index contributed by atoms with van der Waals surface area (Å²) >= 11 is 0. The molecule has 4 aliphatic rings. The molecule has 0 amide bonds. The summed E-state index contributed by atoms with van der Waals surface area (Å²) in [6, 6.07) is 44.5. The molecule has 15 heteroatoms. The van der Waals surface area contributed by atoms with E-state index >= 15 is 0 Å². The quantitative estimate of drug-likeness (QED) is 0.221. The van der Waals surface area contributed by atoms with Crippen LogP contribution in [0.4, 0.5) is 0 Å². The average Bonchev–Trinajstić information content (AvgIpc) is 3.93. The predicted octanol–water partition coefficient (Wildman–Crippen LogP) is 2.10. The molecule has 0 saturated carbocycles. The van der Waals surface area contributed by atoms with E-state index in [2.05, 4.69) is 141 Å². The van der Waals surface area contributed by atoms with Crippen molar-refractivity contribution in [3.05, 3.63) is 155 Å². The minimum Gasteiger partial charge on any atom is -0.858 e. The molecule has 0 aromatic heterocycles. The third-order valence-electron chi connectivity index (χ3n) is 9.07. The first-order valence-electron chi connectivity index (χ1n) is 17.2. The zero-order valence-electron chi connectivity index (χ0n) is 30.6. The van der Waals surface area contributed by atoms with Gasteiger partial charge in [0.25, 0.3) is 0 Å². The Hall–Kier alpha value is -5.27. The second kappa shape index (κ2) is 18.9. The fourth-order valence-electron chi connectivity index (χ4n) is 6.15. The number of hydrogen-bond acceptors (Lipinski definition) is 8. The molecule has 0 unspecified atom stereocenters. The van der Waals surface area contributed by atoms with Crippen LogP contribution < -0.4 is 42.8 Å². The van der Waals surface area contributed by atoms with Gasteiger partial charge in [0.2, 0.25) is 0 Å². The minimum atomic E-state index is -0.783. The van der Waals surface area contributed by atoms with Crippen LogP contribution in [0.25, 0.3) is 23.0 Å². The molecule has 0 atom stereocenters. The molecule has 55 heavy (non-hydrogen) atoms. The van der Waals surface area contributed by atoms with Crippen molar-refractivity contribution < 1.29 is 31.3 Å². The van der Waals surface area contributed by atoms with E-state index in [9.17, 15) is 19.8 Å². The van der Waals surface area contributed by atoms with E-state index in [-0.39, 0.29) is 32.5 Å². The maximum Gasteiger partial charge on any atom is 2.00 e. The fourth-order valence-corrected chi connectivity index (χ4v) is 12.4. The summed E-state index contributed by atoms with van der Waals surface area (Å²) in [6.07, 6.45) is 5.06. The average molecular weight is 954 g/mol. The van der Waals surface area contributed by atoms with Crippen molar-refractivity contribution in [1.82, 2.24) is 38.2 Å². The smallest absolute Gasteiger partial charge is 0.858 e. The first-order valence-corrected chi connectivity index (χ1v) is 20.6. The van der Waals surface area contributed by atoms with Crippen LogP contribution in [0.15, 0.2) is 144 Å². The molecule has 4 heterocycles. The standard InChI is InChI=1S/C26H24P2.2C7H8N4O2.Pt/c1-5-13-23(14-6-1)27(24-15-7-2-8-16-24)21-22-28(25-17-9-3-10-18-25)26-19-11-4-12-20-26;2*1-10-5-4(8-3-9-5)6(12)11(2)7(10)13;/h1-20H,21-22H2;2*3,12H,1-2H3;/q;;;+2. The molecule has 4 aliphatic heterocycles. The van der Waals surface area contributed by atoms with Gasteiger partial charge in [-0.15, -0.1) is 0 Å². The van der Waals surface area contributed by atoms with Gasteiger partial charge < -0.3 is 19.3 Å². The van der Waals surface area contributed by atoms with E-state index in [0.29, 0.717) is 11.6 Å². The van der Waals surface area contributed by atoms with Crippen molar-refractivity contribution in [2.75, 3.05) is 12.3 Å². The Labute approximate surface area is 335 Å². The third kappa shape index (κ3) is 9.17. The van der Waals surface area contributed by atoms with Gasteiger partial charge in [0, 0.05) is 28.2 Å². The van der Waals surface area contributed by atoms with Gasteiger partial charge in [-0.05, 0) is 60.3 Å². The van der Waals surface area contributed by atoms with Crippen molar-refractivity contribution in [1.29, 1.82) is 0 Å². The maximum absolute atomic E-state index is 11.4. The van der Waals surface area contributed by atoms with Crippen molar-refractivity contribution >= 4 is 37.1 Å². The van der Waals surface area contributed by atoms with Crippen LogP contribution in [-0.4, -0.2) is 50.5 Å². The van der Waals surface area contributed by atoms with E-state index in [0.717, 1.165) is 9.13 Å². The van der Waals surface area contributed by atoms with E-state index in [1.807, 2.05) is 0 Å². The van der Waals surface area contributed by atoms with E-state index in [1.54, 1.807) is 14.1 Å². The molecule has 0 spiro atoms. The van der Waals surface area contributed by atoms with E-state index in [4.69, 9.17) is 0 Å². The summed E-state index contributed by atoms with van der Waals surface area (Å²) in [7, 11) is 4.37. The van der Waals surface area contributed by atoms with Crippen molar-refractivity contribution in [2.24, 2.45) is 28.2 Å². The summed E-state index contributed by atoms with van der Waals surface area (Å²) in [6.45, 7) is 0. The van der Waals surface area contributed by atoms with Gasteiger partial charge in [-0.1, -0.05) is 72.8 Å². The number of imidazole rings is 2. The van der Waals surface area contributed by atoms with Crippen molar-refractivity contribution in [2.45, 2.75) is 0 Å². The first kappa shape index (κ1) is 40.9. The molecule has 8 rings (SSSR count). The van der Waals surface area contributed by atoms with Crippen LogP contribution in [0.1, 0.15) is 0 Å². The second-order valence-corrected chi connectivity index (χ2v) is 17.6. The number of aromatic nitrogens is 8. The maximum atomic E-state index is 11.4. The van der Waals surface area contributed by atoms with Gasteiger partial charge in [-0.3, -0.25) is 9.13 Å². The summed E-state index contributed by atoms with van der Waals surface area (Å²) < 4.78 is 4.61. The first-order chi connectivity index (χ1) is 26.2. The summed E-state index contributed by atoms with van der Waals surface area (Å²) in [5.74, 6) is -0.160. The van der Waals surface area contributed by atoms with Crippen LogP contribution in [0, 0.1) is 0 Å². The summed E-state index contributed by atoms with van der Waals surface area (Å²) in [4.78, 5) is 37.9. The van der Waals surface area contributed by atoms with Gasteiger partial charge >= 0.3 is 32.4 Å². The zero-order chi connectivity index (χ0) is 38.2. The molecular weight excluding hydrogens is 914 g/mol. The molecule has 12 nitrogen and oxygen atoms in total. The molecule has 0 radical (unpaired) electrons. The number of rotatable bonds is 7. The Bertz CT molecular complexity index is 2220. The molecule has 0 saturated heterocycles. The monoisotopic (exact) mass is 953 g/mol. The molecule has 0 aliphatic carbocycles. The molecular formula is C40H40N8O4P2Pt+2. The molecule has 0 fully saturated rings. The van der Waals surface area contributed by atoms with Gasteiger partial charge in [-0.25, -0.2) is 29.5 Å². The van der Waals surface area contributed by atoms with Crippen LogP contribution in [-0.2, 0) is 49.3 Å². The van der Waals surface area contributed by atoms with E-state index < -0.39 is 39.0 Å². The largest absolute Gasteiger partial charge is 2.00 e. The molecule has 0 N–H and O–H groups in total. The number of hydrogen-bond donors (Lipinski definition) is 0. The van der Waals surface area contributed by atoms with Crippen molar-refractivity contribution in [3.63, 3.8) is 0 Å². The van der Waals surface area contributed by atoms with Crippen LogP contribution >= 0.6 is 15.8 Å². The summed E-state index contributed by atoms with van der Waals surface area (Å²) in [5, 5.41) is 28.9. The Morgan fingerprint density at radius 2 is 0.727 bits per heavy atom. The van der Waals surface area contributed by atoms with E-state index in [1.165, 1.54) is 69.4 Å². The topological polar surface area (TPSA) is 152 Å². The van der Waals surface area contributed by atoms with Crippen LogP contribution in [0.5, 0.6) is 11.8 Å². The number of benzene rings is 4. The number of nitrogens with zero attached hydrogens (tertiary/aromatic N) is 8. The molecule has 282 valence electrons. The Morgan fingerprint density at radius 1 is 0.455 bits per heavy atom. The van der Waals surface area contributed by atoms with Gasteiger partial charge in [0.05, 0.1) is 37.1 Å². The van der Waals surface area contributed by atoms with Gasteiger partial charge in [0.15, 0.2) is 11.6 Å². The predicted molar refractivity (Wildman–Crippen MR) is 215 cm³/mol. The SMILES string of the molecule is Cn1c2ncnc-2c([O-])n(C)c1=O.Cn1c2ncnc-2c([O-])n(C)c1=O.[Pt+2].c1ccc([PH+](CC[PH+](c2ccccc2)c2ccccc2)c2ccccc2)cc1. The Balaban J connectivity index is 0.000000178. The van der Waals surface area contributed by atoms with Crippen LogP contribution in [0.2, 0.25) is 0 Å². The van der Waals surface area contributed by atoms with Crippen molar-refractivity contribution in [3.8, 4) is 34.8 Å². The van der Waals surface area contributed by atoms with Gasteiger partial charge in [-0.2, -0.15) is 0 Å². The van der Waals surface area contributed by atoms with Crippen LogP contribution in [0.3, 0.4) is 0 Å². The third-order valence-corrected chi connectivity index (χ3v) is 15.2. The second-order valence-electron chi connectivity index (χ2n) is 12.4. The Kier molecular flexibility index (Phi) is 14.0. The molecule has 4 aromatic carbocycles.